The first-order valence-corrected chi connectivity index (χ1v) is 9.74. The standard InChI is InChI=1S/C25H32O3/c1-9-22(26)28-24-19(11-17(5)13-21(24)25(6,7)8)14-18-10-16(4)12-20(15(2)3)23(18)27/h9-13,15,27H,1,14H2,2-8H3. The van der Waals surface area contributed by atoms with E-state index in [0.717, 1.165) is 33.4 Å². The van der Waals surface area contributed by atoms with Crippen molar-refractivity contribution in [1.29, 1.82) is 0 Å². The van der Waals surface area contributed by atoms with Gasteiger partial charge in [0, 0.05) is 18.1 Å². The zero-order valence-electron chi connectivity index (χ0n) is 18.1. The van der Waals surface area contributed by atoms with Crippen LogP contribution in [-0.2, 0) is 16.6 Å². The highest BCUT2D eigenvalue weighted by atomic mass is 16.5. The van der Waals surface area contributed by atoms with E-state index in [4.69, 9.17) is 4.74 Å². The molecule has 28 heavy (non-hydrogen) atoms. The summed E-state index contributed by atoms with van der Waals surface area (Å²) in [7, 11) is 0. The summed E-state index contributed by atoms with van der Waals surface area (Å²) >= 11 is 0. The van der Waals surface area contributed by atoms with Crippen molar-refractivity contribution < 1.29 is 14.6 Å². The third-order valence-electron chi connectivity index (χ3n) is 4.85. The molecule has 0 spiro atoms. The minimum absolute atomic E-state index is 0.199. The average molecular weight is 381 g/mol. The molecule has 2 rings (SSSR count). The molecule has 0 fully saturated rings. The normalized spacial score (nSPS) is 11.6. The molecular weight excluding hydrogens is 348 g/mol. The Balaban J connectivity index is 2.67. The molecule has 3 nitrogen and oxygen atoms in total. The number of benzene rings is 2. The van der Waals surface area contributed by atoms with Crippen LogP contribution in [0.2, 0.25) is 0 Å². The summed E-state index contributed by atoms with van der Waals surface area (Å²) < 4.78 is 5.69. The maximum absolute atomic E-state index is 12.0. The molecule has 150 valence electrons. The van der Waals surface area contributed by atoms with Gasteiger partial charge in [-0.05, 0) is 41.9 Å². The van der Waals surface area contributed by atoms with Crippen LogP contribution in [0.25, 0.3) is 0 Å². The summed E-state index contributed by atoms with van der Waals surface area (Å²) in [5.41, 5.74) is 5.62. The fourth-order valence-corrected chi connectivity index (χ4v) is 3.46. The Morgan fingerprint density at radius 2 is 1.68 bits per heavy atom. The molecule has 2 aromatic carbocycles. The van der Waals surface area contributed by atoms with Crippen molar-refractivity contribution >= 4 is 5.97 Å². The molecule has 0 radical (unpaired) electrons. The molecule has 0 saturated heterocycles. The second-order valence-corrected chi connectivity index (χ2v) is 8.87. The number of esters is 1. The van der Waals surface area contributed by atoms with Gasteiger partial charge >= 0.3 is 5.97 Å². The van der Waals surface area contributed by atoms with Crippen molar-refractivity contribution in [3.8, 4) is 11.5 Å². The number of ether oxygens (including phenoxy) is 1. The van der Waals surface area contributed by atoms with Crippen molar-refractivity contribution in [1.82, 2.24) is 0 Å². The number of aryl methyl sites for hydroxylation is 2. The molecule has 0 atom stereocenters. The van der Waals surface area contributed by atoms with Crippen molar-refractivity contribution in [2.75, 3.05) is 0 Å². The SMILES string of the molecule is C=CC(=O)Oc1c(Cc2cc(C)cc(C(C)C)c2O)cc(C)cc1C(C)(C)C. The molecule has 2 aromatic rings. The fourth-order valence-electron chi connectivity index (χ4n) is 3.46. The van der Waals surface area contributed by atoms with Gasteiger partial charge in [0.05, 0.1) is 0 Å². The van der Waals surface area contributed by atoms with Crippen LogP contribution in [0.1, 0.15) is 73.9 Å². The third kappa shape index (κ3) is 4.83. The summed E-state index contributed by atoms with van der Waals surface area (Å²) in [6, 6.07) is 8.11. The summed E-state index contributed by atoms with van der Waals surface area (Å²) in [5, 5.41) is 10.8. The topological polar surface area (TPSA) is 46.5 Å². The molecule has 0 aliphatic rings. The zero-order valence-corrected chi connectivity index (χ0v) is 18.1. The Morgan fingerprint density at radius 1 is 1.11 bits per heavy atom. The van der Waals surface area contributed by atoms with Gasteiger partial charge < -0.3 is 9.84 Å². The Labute approximate surface area is 169 Å². The lowest BCUT2D eigenvalue weighted by molar-refractivity contribution is -0.129. The molecular formula is C25H32O3. The number of phenols is 1. The van der Waals surface area contributed by atoms with Crippen LogP contribution in [0.4, 0.5) is 0 Å². The maximum atomic E-state index is 12.0. The first-order chi connectivity index (χ1) is 12.9. The van der Waals surface area contributed by atoms with Gasteiger partial charge in [0.1, 0.15) is 11.5 Å². The van der Waals surface area contributed by atoms with E-state index in [2.05, 4.69) is 47.3 Å². The Hall–Kier alpha value is -2.55. The van der Waals surface area contributed by atoms with E-state index in [0.29, 0.717) is 17.9 Å². The molecule has 0 aliphatic carbocycles. The monoisotopic (exact) mass is 380 g/mol. The molecule has 3 heteroatoms. The highest BCUT2D eigenvalue weighted by molar-refractivity contribution is 5.84. The summed E-state index contributed by atoms with van der Waals surface area (Å²) in [4.78, 5) is 12.0. The van der Waals surface area contributed by atoms with Gasteiger partial charge in [0.25, 0.3) is 0 Å². The van der Waals surface area contributed by atoms with Gasteiger partial charge in [-0.25, -0.2) is 4.79 Å². The van der Waals surface area contributed by atoms with Crippen LogP contribution in [-0.4, -0.2) is 11.1 Å². The van der Waals surface area contributed by atoms with E-state index in [1.54, 1.807) is 0 Å². The lowest BCUT2D eigenvalue weighted by atomic mass is 9.83. The van der Waals surface area contributed by atoms with Crippen molar-refractivity contribution in [3.05, 3.63) is 70.3 Å². The molecule has 0 saturated carbocycles. The average Bonchev–Trinajstić information content (AvgIpc) is 2.58. The van der Waals surface area contributed by atoms with Crippen LogP contribution in [0, 0.1) is 13.8 Å². The summed E-state index contributed by atoms with van der Waals surface area (Å²) in [6.45, 7) is 18.0. The van der Waals surface area contributed by atoms with E-state index in [9.17, 15) is 9.90 Å². The predicted molar refractivity (Wildman–Crippen MR) is 115 cm³/mol. The van der Waals surface area contributed by atoms with E-state index in [1.807, 2.05) is 32.0 Å². The van der Waals surface area contributed by atoms with E-state index in [1.165, 1.54) is 6.08 Å². The van der Waals surface area contributed by atoms with Gasteiger partial charge in [0.2, 0.25) is 0 Å². The van der Waals surface area contributed by atoms with Crippen LogP contribution in [0.3, 0.4) is 0 Å². The Kier molecular flexibility index (Phi) is 6.38. The molecule has 0 heterocycles. The number of rotatable bonds is 5. The van der Waals surface area contributed by atoms with Gasteiger partial charge in [-0.15, -0.1) is 0 Å². The van der Waals surface area contributed by atoms with Gasteiger partial charge in [-0.3, -0.25) is 0 Å². The Bertz CT molecular complexity index is 899. The van der Waals surface area contributed by atoms with Gasteiger partial charge in [0.15, 0.2) is 0 Å². The van der Waals surface area contributed by atoms with E-state index in [-0.39, 0.29) is 11.3 Å². The second-order valence-electron chi connectivity index (χ2n) is 8.87. The summed E-state index contributed by atoms with van der Waals surface area (Å²) in [5.74, 6) is 0.627. The third-order valence-corrected chi connectivity index (χ3v) is 4.85. The number of carbonyl (C=O) groups excluding carboxylic acids is 1. The smallest absolute Gasteiger partial charge is 0.335 e. The van der Waals surface area contributed by atoms with Crippen LogP contribution >= 0.6 is 0 Å². The Morgan fingerprint density at radius 3 is 2.21 bits per heavy atom. The first-order valence-electron chi connectivity index (χ1n) is 9.74. The number of phenolic OH excluding ortho intramolecular Hbond substituents is 1. The number of hydrogen-bond acceptors (Lipinski definition) is 3. The number of aromatic hydroxyl groups is 1. The molecule has 1 N–H and O–H groups in total. The van der Waals surface area contributed by atoms with Crippen molar-refractivity contribution in [2.24, 2.45) is 0 Å². The largest absolute Gasteiger partial charge is 0.507 e. The number of carbonyl (C=O) groups is 1. The van der Waals surface area contributed by atoms with Gasteiger partial charge in [-0.2, -0.15) is 0 Å². The van der Waals surface area contributed by atoms with Crippen LogP contribution < -0.4 is 4.74 Å². The minimum Gasteiger partial charge on any atom is -0.507 e. The maximum Gasteiger partial charge on any atom is 0.335 e. The first kappa shape index (κ1) is 21.7. The lowest BCUT2D eigenvalue weighted by Crippen LogP contribution is -2.17. The van der Waals surface area contributed by atoms with E-state index >= 15 is 0 Å². The summed E-state index contributed by atoms with van der Waals surface area (Å²) in [6.07, 6.45) is 1.66. The quantitative estimate of drug-likeness (QED) is 0.386. The molecule has 0 bridgehead atoms. The highest BCUT2D eigenvalue weighted by Crippen LogP contribution is 2.39. The molecule has 0 unspecified atom stereocenters. The number of hydrogen-bond donors (Lipinski definition) is 1. The lowest BCUT2D eigenvalue weighted by Gasteiger charge is -2.25. The van der Waals surface area contributed by atoms with E-state index < -0.39 is 5.97 Å². The van der Waals surface area contributed by atoms with Crippen LogP contribution in [0.5, 0.6) is 11.5 Å². The van der Waals surface area contributed by atoms with Crippen molar-refractivity contribution in [3.63, 3.8) is 0 Å². The van der Waals surface area contributed by atoms with Gasteiger partial charge in [-0.1, -0.05) is 76.6 Å². The predicted octanol–water partition coefficient (Wildman–Crippen LogP) is 6.11. The highest BCUT2D eigenvalue weighted by Gasteiger charge is 2.24. The minimum atomic E-state index is -0.480. The zero-order chi connectivity index (χ0) is 21.2. The molecule has 0 amide bonds. The fraction of sp³-hybridized carbons (Fsp3) is 0.400. The second kappa shape index (κ2) is 8.22. The van der Waals surface area contributed by atoms with Crippen LogP contribution in [0.15, 0.2) is 36.9 Å². The molecule has 0 aromatic heterocycles. The molecule has 0 aliphatic heterocycles. The van der Waals surface area contributed by atoms with Crippen molar-refractivity contribution in [2.45, 2.75) is 66.2 Å².